The highest BCUT2D eigenvalue weighted by molar-refractivity contribution is 7.19. The van der Waals surface area contributed by atoms with Crippen molar-refractivity contribution in [2.45, 2.75) is 59.3 Å². The van der Waals surface area contributed by atoms with Crippen LogP contribution in [0, 0.1) is 5.41 Å². The van der Waals surface area contributed by atoms with Gasteiger partial charge in [-0.25, -0.2) is 4.98 Å². The third-order valence-corrected chi connectivity index (χ3v) is 6.29. The fourth-order valence-corrected chi connectivity index (χ4v) is 4.21. The molecule has 0 saturated carbocycles. The molecule has 9 heteroatoms. The molecule has 2 atom stereocenters. The lowest BCUT2D eigenvalue weighted by atomic mass is 9.88. The van der Waals surface area contributed by atoms with Gasteiger partial charge in [-0.1, -0.05) is 69.7 Å². The number of carbonyl (C=O) groups is 2. The maximum atomic E-state index is 12.9. The Morgan fingerprint density at radius 2 is 1.83 bits per heavy atom. The van der Waals surface area contributed by atoms with Gasteiger partial charge in [0.1, 0.15) is 24.5 Å². The first-order chi connectivity index (χ1) is 16.7. The molecule has 2 aromatic heterocycles. The maximum absolute atomic E-state index is 12.9. The zero-order valence-corrected chi connectivity index (χ0v) is 21.3. The standard InChI is InChI=1S/C26H32N4O4S/c1-5-8-20(29-24(33)22(31)26(2,3)4)23(32)30-25-28-15-21(35-25)19-10-7-6-9-17(19)16-34-18-11-13-27-14-12-18/h6-7,9-15,20,22,31H,5,8,16H2,1-4H3,(H,29,33)(H,28,30,32)/t20-,22+/m0/s1. The number of nitrogens with one attached hydrogen (secondary N) is 2. The van der Waals surface area contributed by atoms with Crippen LogP contribution in [0.4, 0.5) is 5.13 Å². The number of hydrogen-bond donors (Lipinski definition) is 3. The smallest absolute Gasteiger partial charge is 0.250 e. The second kappa shape index (κ2) is 11.9. The molecule has 8 nitrogen and oxygen atoms in total. The number of aliphatic hydroxyl groups is 1. The monoisotopic (exact) mass is 496 g/mol. The van der Waals surface area contributed by atoms with Gasteiger partial charge in [-0.15, -0.1) is 0 Å². The SMILES string of the molecule is CCC[C@H](NC(=O)[C@@H](O)C(C)(C)C)C(=O)Nc1ncc(-c2ccccc2COc2ccncc2)s1. The highest BCUT2D eigenvalue weighted by atomic mass is 32.1. The third-order valence-electron chi connectivity index (χ3n) is 5.34. The minimum atomic E-state index is -1.22. The van der Waals surface area contributed by atoms with Gasteiger partial charge in [-0.2, -0.15) is 0 Å². The quantitative estimate of drug-likeness (QED) is 0.383. The van der Waals surface area contributed by atoms with E-state index in [0.29, 0.717) is 24.6 Å². The Bertz CT molecular complexity index is 1130. The predicted octanol–water partition coefficient (Wildman–Crippen LogP) is 4.41. The van der Waals surface area contributed by atoms with Crippen LogP contribution >= 0.6 is 11.3 Å². The Hall–Kier alpha value is -3.30. The van der Waals surface area contributed by atoms with E-state index in [9.17, 15) is 14.7 Å². The van der Waals surface area contributed by atoms with E-state index in [1.807, 2.05) is 31.2 Å². The normalized spacial score (nSPS) is 13.1. The average Bonchev–Trinajstić information content (AvgIpc) is 3.30. The van der Waals surface area contributed by atoms with Crippen molar-refractivity contribution in [3.63, 3.8) is 0 Å². The van der Waals surface area contributed by atoms with Gasteiger partial charge < -0.3 is 20.5 Å². The van der Waals surface area contributed by atoms with Crippen LogP contribution in [0.3, 0.4) is 0 Å². The number of benzene rings is 1. The topological polar surface area (TPSA) is 113 Å². The van der Waals surface area contributed by atoms with Gasteiger partial charge in [-0.3, -0.25) is 14.6 Å². The molecule has 2 heterocycles. The van der Waals surface area contributed by atoms with Crippen molar-refractivity contribution in [3.05, 3.63) is 60.6 Å². The Balaban J connectivity index is 1.69. The molecule has 3 N–H and O–H groups in total. The summed E-state index contributed by atoms with van der Waals surface area (Å²) in [5.74, 6) is -0.196. The summed E-state index contributed by atoms with van der Waals surface area (Å²) in [5.41, 5.74) is 1.32. The number of nitrogens with zero attached hydrogens (tertiary/aromatic N) is 2. The summed E-state index contributed by atoms with van der Waals surface area (Å²) in [4.78, 5) is 34.6. The van der Waals surface area contributed by atoms with Crippen molar-refractivity contribution in [2.24, 2.45) is 5.41 Å². The summed E-state index contributed by atoms with van der Waals surface area (Å²) < 4.78 is 5.88. The van der Waals surface area contributed by atoms with Gasteiger partial charge in [-0.05, 0) is 35.1 Å². The van der Waals surface area contributed by atoms with Gasteiger partial charge in [0, 0.05) is 18.6 Å². The first-order valence-electron chi connectivity index (χ1n) is 11.5. The number of aromatic nitrogens is 2. The maximum Gasteiger partial charge on any atom is 0.250 e. The Kier molecular flexibility index (Phi) is 8.95. The molecule has 186 valence electrons. The van der Waals surface area contributed by atoms with Gasteiger partial charge in [0.2, 0.25) is 11.8 Å². The molecule has 0 unspecified atom stereocenters. The van der Waals surface area contributed by atoms with E-state index in [1.54, 1.807) is 51.5 Å². The summed E-state index contributed by atoms with van der Waals surface area (Å²) in [6.45, 7) is 7.61. The van der Waals surface area contributed by atoms with Crippen molar-refractivity contribution in [3.8, 4) is 16.2 Å². The molecule has 35 heavy (non-hydrogen) atoms. The number of thiazole rings is 1. The number of rotatable bonds is 10. The highest BCUT2D eigenvalue weighted by Gasteiger charge is 2.32. The van der Waals surface area contributed by atoms with E-state index in [4.69, 9.17) is 4.74 Å². The number of ether oxygens (including phenoxy) is 1. The zero-order valence-electron chi connectivity index (χ0n) is 20.4. The van der Waals surface area contributed by atoms with Crippen LogP contribution in [0.2, 0.25) is 0 Å². The van der Waals surface area contributed by atoms with Crippen molar-refractivity contribution in [2.75, 3.05) is 5.32 Å². The Labute approximate surface area is 209 Å². The van der Waals surface area contributed by atoms with Gasteiger partial charge in [0.15, 0.2) is 5.13 Å². The lowest BCUT2D eigenvalue weighted by Gasteiger charge is -2.26. The molecule has 3 aromatic rings. The van der Waals surface area contributed by atoms with Gasteiger partial charge in [0.25, 0.3) is 0 Å². The molecule has 1 aromatic carbocycles. The Morgan fingerprint density at radius 1 is 1.11 bits per heavy atom. The third kappa shape index (κ3) is 7.34. The van der Waals surface area contributed by atoms with Crippen molar-refractivity contribution < 1.29 is 19.4 Å². The lowest BCUT2D eigenvalue weighted by Crippen LogP contribution is -2.50. The van der Waals surface area contributed by atoms with Crippen LogP contribution in [0.5, 0.6) is 5.75 Å². The first kappa shape index (κ1) is 26.3. The van der Waals surface area contributed by atoms with E-state index in [-0.39, 0.29) is 5.91 Å². The molecule has 0 aliphatic carbocycles. The number of anilines is 1. The van der Waals surface area contributed by atoms with Crippen molar-refractivity contribution in [1.82, 2.24) is 15.3 Å². The summed E-state index contributed by atoms with van der Waals surface area (Å²) in [7, 11) is 0. The van der Waals surface area contributed by atoms with Crippen LogP contribution in [-0.4, -0.2) is 39.0 Å². The van der Waals surface area contributed by atoms with Crippen LogP contribution in [-0.2, 0) is 16.2 Å². The molecule has 0 radical (unpaired) electrons. The number of carbonyl (C=O) groups excluding carboxylic acids is 2. The van der Waals surface area contributed by atoms with E-state index in [2.05, 4.69) is 20.6 Å². The van der Waals surface area contributed by atoms with E-state index >= 15 is 0 Å². The summed E-state index contributed by atoms with van der Waals surface area (Å²) in [5, 5.41) is 16.2. The van der Waals surface area contributed by atoms with Crippen LogP contribution in [0.15, 0.2) is 55.0 Å². The van der Waals surface area contributed by atoms with Crippen molar-refractivity contribution >= 4 is 28.3 Å². The zero-order chi connectivity index (χ0) is 25.4. The summed E-state index contributed by atoms with van der Waals surface area (Å²) >= 11 is 1.34. The number of amides is 2. The minimum absolute atomic E-state index is 0.364. The summed E-state index contributed by atoms with van der Waals surface area (Å²) in [6.07, 6.45) is 4.99. The molecule has 3 rings (SSSR count). The molecule has 0 aliphatic rings. The largest absolute Gasteiger partial charge is 0.489 e. The number of aliphatic hydroxyl groups excluding tert-OH is 1. The highest BCUT2D eigenvalue weighted by Crippen LogP contribution is 2.32. The molecule has 0 bridgehead atoms. The molecule has 0 saturated heterocycles. The number of hydrogen-bond acceptors (Lipinski definition) is 7. The van der Waals surface area contributed by atoms with Gasteiger partial charge >= 0.3 is 0 Å². The Morgan fingerprint density at radius 3 is 2.51 bits per heavy atom. The van der Waals surface area contributed by atoms with Crippen LogP contribution in [0.25, 0.3) is 10.4 Å². The minimum Gasteiger partial charge on any atom is -0.489 e. The fourth-order valence-electron chi connectivity index (χ4n) is 3.33. The molecular formula is C26H32N4O4S. The van der Waals surface area contributed by atoms with E-state index < -0.39 is 23.5 Å². The second-order valence-corrected chi connectivity index (χ2v) is 10.3. The lowest BCUT2D eigenvalue weighted by molar-refractivity contribution is -0.137. The first-order valence-corrected chi connectivity index (χ1v) is 12.4. The fraction of sp³-hybridized carbons (Fsp3) is 0.385. The molecule has 0 aliphatic heterocycles. The second-order valence-electron chi connectivity index (χ2n) is 9.27. The molecular weight excluding hydrogens is 464 g/mol. The van der Waals surface area contributed by atoms with E-state index in [1.165, 1.54) is 11.3 Å². The molecule has 0 spiro atoms. The molecule has 2 amide bonds. The average molecular weight is 497 g/mol. The van der Waals surface area contributed by atoms with E-state index in [0.717, 1.165) is 21.8 Å². The number of pyridine rings is 1. The van der Waals surface area contributed by atoms with Crippen LogP contribution in [0.1, 0.15) is 46.1 Å². The van der Waals surface area contributed by atoms with Crippen molar-refractivity contribution in [1.29, 1.82) is 0 Å². The molecule has 0 fully saturated rings. The summed E-state index contributed by atoms with van der Waals surface area (Å²) in [6, 6.07) is 10.7. The van der Waals surface area contributed by atoms with Crippen LogP contribution < -0.4 is 15.4 Å². The predicted molar refractivity (Wildman–Crippen MR) is 137 cm³/mol. The van der Waals surface area contributed by atoms with Gasteiger partial charge in [0.05, 0.1) is 4.88 Å².